The summed E-state index contributed by atoms with van der Waals surface area (Å²) in [6, 6.07) is 7.13. The summed E-state index contributed by atoms with van der Waals surface area (Å²) in [6.07, 6.45) is 3.42. The van der Waals surface area contributed by atoms with Gasteiger partial charge in [-0.05, 0) is 55.5 Å². The average Bonchev–Trinajstić information content (AvgIpc) is 2.96. The number of piperidine rings is 1. The molecule has 5 nitrogen and oxygen atoms in total. The Bertz CT molecular complexity index is 552. The van der Waals surface area contributed by atoms with E-state index in [1.54, 1.807) is 24.3 Å². The SMILES string of the molecule is CC(=O)Nc1ccc(C(=O)N2CCC3(CCNC3)CC2)cc1. The van der Waals surface area contributed by atoms with Crippen LogP contribution in [0.1, 0.15) is 36.5 Å². The molecule has 2 amide bonds. The topological polar surface area (TPSA) is 61.4 Å². The van der Waals surface area contributed by atoms with E-state index < -0.39 is 0 Å². The van der Waals surface area contributed by atoms with Crippen molar-refractivity contribution in [1.29, 1.82) is 0 Å². The lowest BCUT2D eigenvalue weighted by atomic mass is 9.78. The summed E-state index contributed by atoms with van der Waals surface area (Å²) in [5.74, 6) is -0.0132. The Balaban J connectivity index is 1.61. The maximum Gasteiger partial charge on any atom is 0.253 e. The zero-order valence-electron chi connectivity index (χ0n) is 13.0. The van der Waals surface area contributed by atoms with Crippen molar-refractivity contribution in [3.05, 3.63) is 29.8 Å². The highest BCUT2D eigenvalue weighted by molar-refractivity contribution is 5.95. The maximum atomic E-state index is 12.6. The van der Waals surface area contributed by atoms with Gasteiger partial charge in [0.05, 0.1) is 0 Å². The van der Waals surface area contributed by atoms with Crippen LogP contribution in [-0.4, -0.2) is 42.9 Å². The molecular weight excluding hydrogens is 278 g/mol. The predicted octanol–water partition coefficient (Wildman–Crippen LogP) is 1.86. The Morgan fingerprint density at radius 2 is 1.82 bits per heavy atom. The highest BCUT2D eigenvalue weighted by Gasteiger charge is 2.38. The van der Waals surface area contributed by atoms with Crippen LogP contribution in [0.5, 0.6) is 0 Å². The van der Waals surface area contributed by atoms with Crippen LogP contribution in [0.15, 0.2) is 24.3 Å². The van der Waals surface area contributed by atoms with Crippen molar-refractivity contribution in [2.75, 3.05) is 31.5 Å². The van der Waals surface area contributed by atoms with Gasteiger partial charge in [-0.2, -0.15) is 0 Å². The number of nitrogens with one attached hydrogen (secondary N) is 2. The van der Waals surface area contributed by atoms with Gasteiger partial charge in [0, 0.05) is 37.8 Å². The van der Waals surface area contributed by atoms with E-state index in [4.69, 9.17) is 0 Å². The minimum Gasteiger partial charge on any atom is -0.339 e. The Labute approximate surface area is 131 Å². The average molecular weight is 301 g/mol. The number of likely N-dealkylation sites (tertiary alicyclic amines) is 1. The van der Waals surface area contributed by atoms with Crippen LogP contribution in [0, 0.1) is 5.41 Å². The van der Waals surface area contributed by atoms with Gasteiger partial charge in [-0.1, -0.05) is 0 Å². The number of benzene rings is 1. The Hall–Kier alpha value is -1.88. The summed E-state index contributed by atoms with van der Waals surface area (Å²) in [5, 5.41) is 6.15. The van der Waals surface area contributed by atoms with Crippen LogP contribution < -0.4 is 10.6 Å². The standard InChI is InChI=1S/C17H23N3O2/c1-13(21)19-15-4-2-14(3-5-15)16(22)20-10-7-17(8-11-20)6-9-18-12-17/h2-5,18H,6-12H2,1H3,(H,19,21). The second-order valence-corrected chi connectivity index (χ2v) is 6.48. The molecule has 1 aromatic rings. The third-order valence-electron chi connectivity index (χ3n) is 4.90. The summed E-state index contributed by atoms with van der Waals surface area (Å²) in [4.78, 5) is 25.5. The number of nitrogens with zero attached hydrogens (tertiary/aromatic N) is 1. The summed E-state index contributed by atoms with van der Waals surface area (Å²) in [5.41, 5.74) is 1.83. The van der Waals surface area contributed by atoms with Crippen molar-refractivity contribution in [3.63, 3.8) is 0 Å². The molecule has 2 heterocycles. The second-order valence-electron chi connectivity index (χ2n) is 6.48. The highest BCUT2D eigenvalue weighted by atomic mass is 16.2. The lowest BCUT2D eigenvalue weighted by Crippen LogP contribution is -2.44. The molecule has 0 aliphatic carbocycles. The lowest BCUT2D eigenvalue weighted by molar-refractivity contribution is -0.114. The first-order chi connectivity index (χ1) is 10.6. The van der Waals surface area contributed by atoms with Crippen LogP contribution in [0.3, 0.4) is 0 Å². The van der Waals surface area contributed by atoms with E-state index in [0.29, 0.717) is 11.0 Å². The van der Waals surface area contributed by atoms with Gasteiger partial charge in [0.2, 0.25) is 5.91 Å². The van der Waals surface area contributed by atoms with Crippen LogP contribution in [0.25, 0.3) is 0 Å². The molecule has 2 N–H and O–H groups in total. The molecule has 118 valence electrons. The van der Waals surface area contributed by atoms with Gasteiger partial charge < -0.3 is 15.5 Å². The first-order valence-corrected chi connectivity index (χ1v) is 7.96. The number of hydrogen-bond donors (Lipinski definition) is 2. The quantitative estimate of drug-likeness (QED) is 0.876. The van der Waals surface area contributed by atoms with Crippen molar-refractivity contribution in [2.45, 2.75) is 26.2 Å². The number of carbonyl (C=O) groups is 2. The predicted molar refractivity (Wildman–Crippen MR) is 85.8 cm³/mol. The van der Waals surface area contributed by atoms with Crippen molar-refractivity contribution >= 4 is 17.5 Å². The van der Waals surface area contributed by atoms with Crippen molar-refractivity contribution in [2.24, 2.45) is 5.41 Å². The van der Waals surface area contributed by atoms with Gasteiger partial charge in [-0.3, -0.25) is 9.59 Å². The van der Waals surface area contributed by atoms with Crippen molar-refractivity contribution in [1.82, 2.24) is 10.2 Å². The molecule has 0 aromatic heterocycles. The molecular formula is C17H23N3O2. The Kier molecular flexibility index (Phi) is 4.16. The summed E-state index contributed by atoms with van der Waals surface area (Å²) in [7, 11) is 0. The van der Waals surface area contributed by atoms with E-state index in [1.165, 1.54) is 13.3 Å². The number of anilines is 1. The highest BCUT2D eigenvalue weighted by Crippen LogP contribution is 2.37. The summed E-state index contributed by atoms with van der Waals surface area (Å²) >= 11 is 0. The normalized spacial score (nSPS) is 20.1. The van der Waals surface area contributed by atoms with Crippen LogP contribution >= 0.6 is 0 Å². The van der Waals surface area contributed by atoms with E-state index in [1.807, 2.05) is 4.90 Å². The molecule has 0 saturated carbocycles. The van der Waals surface area contributed by atoms with Gasteiger partial charge >= 0.3 is 0 Å². The van der Waals surface area contributed by atoms with E-state index in [9.17, 15) is 9.59 Å². The van der Waals surface area contributed by atoms with Crippen molar-refractivity contribution < 1.29 is 9.59 Å². The summed E-state index contributed by atoms with van der Waals surface area (Å²) in [6.45, 7) is 5.36. The zero-order valence-corrected chi connectivity index (χ0v) is 13.0. The Morgan fingerprint density at radius 1 is 1.14 bits per heavy atom. The van der Waals surface area contributed by atoms with Gasteiger partial charge in [0.15, 0.2) is 0 Å². The number of rotatable bonds is 2. The molecule has 0 bridgehead atoms. The van der Waals surface area contributed by atoms with Crippen LogP contribution in [-0.2, 0) is 4.79 Å². The Morgan fingerprint density at radius 3 is 2.36 bits per heavy atom. The van der Waals surface area contributed by atoms with E-state index in [2.05, 4.69) is 10.6 Å². The van der Waals surface area contributed by atoms with E-state index >= 15 is 0 Å². The molecule has 1 aromatic carbocycles. The molecule has 1 spiro atoms. The van der Waals surface area contributed by atoms with Gasteiger partial charge in [0.25, 0.3) is 5.91 Å². The van der Waals surface area contributed by atoms with Gasteiger partial charge in [-0.15, -0.1) is 0 Å². The minimum atomic E-state index is -0.106. The molecule has 5 heteroatoms. The van der Waals surface area contributed by atoms with Crippen LogP contribution in [0.4, 0.5) is 5.69 Å². The number of hydrogen-bond acceptors (Lipinski definition) is 3. The molecule has 2 saturated heterocycles. The fraction of sp³-hybridized carbons (Fsp3) is 0.529. The van der Waals surface area contributed by atoms with E-state index in [-0.39, 0.29) is 11.8 Å². The third-order valence-corrected chi connectivity index (χ3v) is 4.90. The maximum absolute atomic E-state index is 12.6. The molecule has 3 rings (SSSR count). The fourth-order valence-electron chi connectivity index (χ4n) is 3.49. The first kappa shape index (κ1) is 15.0. The molecule has 0 atom stereocenters. The monoisotopic (exact) mass is 301 g/mol. The van der Waals surface area contributed by atoms with Crippen molar-refractivity contribution in [3.8, 4) is 0 Å². The van der Waals surface area contributed by atoms with Gasteiger partial charge in [0.1, 0.15) is 0 Å². The second kappa shape index (κ2) is 6.08. The lowest BCUT2D eigenvalue weighted by Gasteiger charge is -2.38. The number of carbonyl (C=O) groups excluding carboxylic acids is 2. The fourth-order valence-corrected chi connectivity index (χ4v) is 3.49. The molecule has 0 radical (unpaired) electrons. The minimum absolute atomic E-state index is 0.0928. The smallest absolute Gasteiger partial charge is 0.253 e. The molecule has 22 heavy (non-hydrogen) atoms. The zero-order chi connectivity index (χ0) is 15.6. The molecule has 0 unspecified atom stereocenters. The molecule has 2 aliphatic heterocycles. The third kappa shape index (κ3) is 3.14. The largest absolute Gasteiger partial charge is 0.339 e. The molecule has 2 fully saturated rings. The molecule has 2 aliphatic rings. The van der Waals surface area contributed by atoms with E-state index in [0.717, 1.165) is 44.7 Å². The first-order valence-electron chi connectivity index (χ1n) is 7.96. The van der Waals surface area contributed by atoms with Crippen LogP contribution in [0.2, 0.25) is 0 Å². The summed E-state index contributed by atoms with van der Waals surface area (Å²) < 4.78 is 0. The van der Waals surface area contributed by atoms with Gasteiger partial charge in [-0.25, -0.2) is 0 Å². The number of amides is 2.